The van der Waals surface area contributed by atoms with Crippen molar-refractivity contribution in [3.63, 3.8) is 0 Å². The summed E-state index contributed by atoms with van der Waals surface area (Å²) in [5, 5.41) is 1.98. The first-order valence-corrected chi connectivity index (χ1v) is 6.23. The average molecular weight is 220 g/mol. The Morgan fingerprint density at radius 3 is 2.62 bits per heavy atom. The summed E-state index contributed by atoms with van der Waals surface area (Å²) in [6.45, 7) is 6.64. The van der Waals surface area contributed by atoms with E-state index in [2.05, 4.69) is 12.7 Å². The Morgan fingerprint density at radius 1 is 1.38 bits per heavy atom. The minimum Gasteiger partial charge on any atom is -0.268 e. The van der Waals surface area contributed by atoms with Crippen molar-refractivity contribution in [2.24, 2.45) is 5.84 Å². The van der Waals surface area contributed by atoms with E-state index in [4.69, 9.17) is 5.84 Å². The molecule has 1 aliphatic carbocycles. The topological polar surface area (TPSA) is 29.3 Å². The van der Waals surface area contributed by atoms with Gasteiger partial charge in [0.2, 0.25) is 0 Å². The van der Waals surface area contributed by atoms with Gasteiger partial charge in [0.25, 0.3) is 0 Å². The van der Waals surface area contributed by atoms with E-state index in [1.807, 2.05) is 30.2 Å². The lowest BCUT2D eigenvalue weighted by Crippen LogP contribution is -2.43. The molecule has 1 rings (SSSR count). The van der Waals surface area contributed by atoms with Crippen molar-refractivity contribution in [2.45, 2.75) is 45.1 Å². The molecule has 0 saturated heterocycles. The van der Waals surface area contributed by atoms with Gasteiger partial charge in [0.1, 0.15) is 0 Å². The molecule has 1 fully saturated rings. The van der Waals surface area contributed by atoms with E-state index in [9.17, 15) is 0 Å². The number of allylic oxidation sites excluding steroid dienone is 3. The van der Waals surface area contributed by atoms with Crippen LogP contribution in [0.5, 0.6) is 0 Å². The number of hydrogen-bond acceptors (Lipinski definition) is 2. The zero-order valence-corrected chi connectivity index (χ0v) is 10.4. The fourth-order valence-corrected chi connectivity index (χ4v) is 2.16. The van der Waals surface area contributed by atoms with Gasteiger partial charge in [-0.15, -0.1) is 0 Å². The molecule has 0 aromatic heterocycles. The molecule has 0 amide bonds. The highest BCUT2D eigenvalue weighted by Crippen LogP contribution is 2.21. The number of hydrogen-bond donors (Lipinski definition) is 1. The molecule has 0 aromatic carbocycles. The van der Waals surface area contributed by atoms with Crippen molar-refractivity contribution in [2.75, 3.05) is 6.54 Å². The third-order valence-corrected chi connectivity index (χ3v) is 3.17. The third-order valence-electron chi connectivity index (χ3n) is 3.17. The van der Waals surface area contributed by atoms with Crippen molar-refractivity contribution in [3.8, 4) is 0 Å². The molecule has 2 nitrogen and oxygen atoms in total. The van der Waals surface area contributed by atoms with Crippen LogP contribution in [-0.4, -0.2) is 17.6 Å². The lowest BCUT2D eigenvalue weighted by Gasteiger charge is -2.30. The lowest BCUT2D eigenvalue weighted by molar-refractivity contribution is 0.173. The Kier molecular flexibility index (Phi) is 6.12. The predicted octanol–water partition coefficient (Wildman–Crippen LogP) is 3.18. The Bertz CT molecular complexity index is 260. The largest absolute Gasteiger partial charge is 0.268 e. The summed E-state index contributed by atoms with van der Waals surface area (Å²) in [7, 11) is 0. The Labute approximate surface area is 99.5 Å². The second-order valence-electron chi connectivity index (χ2n) is 4.44. The summed E-state index contributed by atoms with van der Waals surface area (Å²) in [5.74, 6) is 6.12. The van der Waals surface area contributed by atoms with Crippen LogP contribution in [-0.2, 0) is 0 Å². The molecule has 0 atom stereocenters. The van der Waals surface area contributed by atoms with E-state index in [-0.39, 0.29) is 0 Å². The van der Waals surface area contributed by atoms with Gasteiger partial charge in [-0.2, -0.15) is 0 Å². The Morgan fingerprint density at radius 2 is 2.06 bits per heavy atom. The van der Waals surface area contributed by atoms with E-state index >= 15 is 0 Å². The van der Waals surface area contributed by atoms with Crippen LogP contribution in [0.4, 0.5) is 0 Å². The van der Waals surface area contributed by atoms with Gasteiger partial charge >= 0.3 is 0 Å². The average Bonchev–Trinajstić information content (AvgIpc) is 2.35. The molecule has 1 saturated carbocycles. The summed E-state index contributed by atoms with van der Waals surface area (Å²) >= 11 is 0. The third kappa shape index (κ3) is 4.33. The van der Waals surface area contributed by atoms with Crippen LogP contribution in [0.2, 0.25) is 0 Å². The standard InChI is InChI=1S/C14H24N2/c1-3-5-9-13(4-2)12-16(15)14-10-7-6-8-11-14/h3-5,9,14H,2,6-8,10-12,15H2,1H3/b5-3-,13-9+. The summed E-state index contributed by atoms with van der Waals surface area (Å²) in [6.07, 6.45) is 14.5. The Balaban J connectivity index is 2.47. The van der Waals surface area contributed by atoms with Gasteiger partial charge in [-0.05, 0) is 25.3 Å². The van der Waals surface area contributed by atoms with E-state index in [1.54, 1.807) is 0 Å². The first-order chi connectivity index (χ1) is 7.77. The summed E-state index contributed by atoms with van der Waals surface area (Å²) in [5.41, 5.74) is 1.19. The quantitative estimate of drug-likeness (QED) is 0.438. The van der Waals surface area contributed by atoms with Crippen molar-refractivity contribution in [3.05, 3.63) is 36.5 Å². The highest BCUT2D eigenvalue weighted by atomic mass is 15.4. The zero-order chi connectivity index (χ0) is 11.8. The van der Waals surface area contributed by atoms with Gasteiger partial charge in [0.05, 0.1) is 0 Å². The highest BCUT2D eigenvalue weighted by molar-refractivity contribution is 5.23. The van der Waals surface area contributed by atoms with Gasteiger partial charge in [0, 0.05) is 12.6 Å². The summed E-state index contributed by atoms with van der Waals surface area (Å²) in [4.78, 5) is 0. The SMILES string of the molecule is C=C/C(=C\C=C/C)CN(N)C1CCCCC1. The fraction of sp³-hybridized carbons (Fsp3) is 0.571. The molecule has 0 spiro atoms. The van der Waals surface area contributed by atoms with Crippen LogP contribution in [0.3, 0.4) is 0 Å². The fourth-order valence-electron chi connectivity index (χ4n) is 2.16. The number of rotatable bonds is 5. The monoisotopic (exact) mass is 220 g/mol. The van der Waals surface area contributed by atoms with Crippen molar-refractivity contribution < 1.29 is 0 Å². The van der Waals surface area contributed by atoms with Crippen molar-refractivity contribution in [1.82, 2.24) is 5.01 Å². The number of nitrogens with zero attached hydrogens (tertiary/aromatic N) is 1. The van der Waals surface area contributed by atoms with Crippen molar-refractivity contribution in [1.29, 1.82) is 0 Å². The maximum atomic E-state index is 6.12. The predicted molar refractivity (Wildman–Crippen MR) is 70.9 cm³/mol. The molecule has 0 aliphatic heterocycles. The highest BCUT2D eigenvalue weighted by Gasteiger charge is 2.18. The smallest absolute Gasteiger partial charge is 0.0382 e. The molecule has 0 radical (unpaired) electrons. The van der Waals surface area contributed by atoms with Crippen LogP contribution in [0.1, 0.15) is 39.0 Å². The minimum absolute atomic E-state index is 0.558. The Hall–Kier alpha value is -0.860. The molecular weight excluding hydrogens is 196 g/mol. The molecule has 0 heterocycles. The van der Waals surface area contributed by atoms with E-state index < -0.39 is 0 Å². The second-order valence-corrected chi connectivity index (χ2v) is 4.44. The van der Waals surface area contributed by atoms with Crippen molar-refractivity contribution >= 4 is 0 Å². The van der Waals surface area contributed by atoms with Crippen LogP contribution in [0.25, 0.3) is 0 Å². The summed E-state index contributed by atoms with van der Waals surface area (Å²) < 4.78 is 0. The molecular formula is C14H24N2. The van der Waals surface area contributed by atoms with Gasteiger partial charge in [-0.1, -0.05) is 50.1 Å². The summed E-state index contributed by atoms with van der Waals surface area (Å²) in [6, 6.07) is 0.558. The lowest BCUT2D eigenvalue weighted by atomic mass is 9.95. The van der Waals surface area contributed by atoms with Crippen LogP contribution < -0.4 is 5.84 Å². The molecule has 90 valence electrons. The molecule has 0 unspecified atom stereocenters. The number of hydrazine groups is 1. The van der Waals surface area contributed by atoms with Gasteiger partial charge in [-0.3, -0.25) is 5.84 Å². The van der Waals surface area contributed by atoms with Gasteiger partial charge < -0.3 is 0 Å². The van der Waals surface area contributed by atoms with Crippen LogP contribution >= 0.6 is 0 Å². The maximum absolute atomic E-state index is 6.12. The molecule has 2 heteroatoms. The van der Waals surface area contributed by atoms with Crippen LogP contribution in [0, 0.1) is 0 Å². The first kappa shape index (κ1) is 13.2. The zero-order valence-electron chi connectivity index (χ0n) is 10.4. The second kappa shape index (κ2) is 7.42. The first-order valence-electron chi connectivity index (χ1n) is 6.23. The van der Waals surface area contributed by atoms with Crippen LogP contribution in [0.15, 0.2) is 36.5 Å². The molecule has 0 bridgehead atoms. The minimum atomic E-state index is 0.558. The van der Waals surface area contributed by atoms with Gasteiger partial charge in [-0.25, -0.2) is 5.01 Å². The van der Waals surface area contributed by atoms with E-state index in [1.165, 1.54) is 37.7 Å². The molecule has 16 heavy (non-hydrogen) atoms. The number of nitrogens with two attached hydrogens (primary N) is 1. The maximum Gasteiger partial charge on any atom is 0.0382 e. The van der Waals surface area contributed by atoms with E-state index in [0.29, 0.717) is 6.04 Å². The normalized spacial score (nSPS) is 19.6. The molecule has 0 aromatic rings. The van der Waals surface area contributed by atoms with E-state index in [0.717, 1.165) is 6.54 Å². The molecule has 2 N–H and O–H groups in total. The van der Waals surface area contributed by atoms with Gasteiger partial charge in [0.15, 0.2) is 0 Å². The molecule has 1 aliphatic rings.